The third-order valence-electron chi connectivity index (χ3n) is 4.36. The summed E-state index contributed by atoms with van der Waals surface area (Å²) in [6.07, 6.45) is -3.05. The van der Waals surface area contributed by atoms with Crippen molar-refractivity contribution < 1.29 is 13.2 Å². The van der Waals surface area contributed by atoms with E-state index in [0.29, 0.717) is 6.42 Å². The maximum atomic E-state index is 12.3. The molecule has 0 bridgehead atoms. The number of rotatable bonds is 10. The first-order valence-corrected chi connectivity index (χ1v) is 7.80. The smallest absolute Gasteiger partial charge is 0.312 e. The van der Waals surface area contributed by atoms with Gasteiger partial charge in [-0.15, -0.1) is 0 Å². The van der Waals surface area contributed by atoms with Gasteiger partial charge in [-0.3, -0.25) is 4.90 Å². The molecular formula is C15H31F3N2. The molecule has 0 fully saturated rings. The van der Waals surface area contributed by atoms with E-state index in [4.69, 9.17) is 0 Å². The lowest BCUT2D eigenvalue weighted by atomic mass is 9.84. The molecule has 2 atom stereocenters. The molecule has 1 N–H and O–H groups in total. The highest BCUT2D eigenvalue weighted by molar-refractivity contribution is 4.95. The number of hydrogen-bond donors (Lipinski definition) is 1. The molecule has 0 aliphatic carbocycles. The first-order valence-electron chi connectivity index (χ1n) is 7.80. The average Bonchev–Trinajstić information content (AvgIpc) is 2.37. The zero-order valence-electron chi connectivity index (χ0n) is 13.6. The first kappa shape index (κ1) is 19.7. The second-order valence-corrected chi connectivity index (χ2v) is 5.50. The summed E-state index contributed by atoms with van der Waals surface area (Å²) in [7, 11) is 0. The molecule has 0 rings (SSSR count). The minimum Gasteiger partial charge on any atom is -0.312 e. The molecule has 20 heavy (non-hydrogen) atoms. The molecule has 0 aromatic carbocycles. The summed E-state index contributed by atoms with van der Waals surface area (Å²) < 4.78 is 37.0. The van der Waals surface area contributed by atoms with Crippen LogP contribution in [0.5, 0.6) is 0 Å². The molecule has 0 heterocycles. The lowest BCUT2D eigenvalue weighted by Gasteiger charge is -2.46. The van der Waals surface area contributed by atoms with Crippen LogP contribution in [0.25, 0.3) is 0 Å². The standard InChI is InChI=1S/C15H31F3N2/c1-6-14(5,20(8-3)9-4)13(19-7-2)11-10-12-15(16,17)18/h13,19H,6-12H2,1-5H3. The van der Waals surface area contributed by atoms with Crippen molar-refractivity contribution in [1.29, 1.82) is 0 Å². The summed E-state index contributed by atoms with van der Waals surface area (Å²) in [6.45, 7) is 13.1. The van der Waals surface area contributed by atoms with E-state index in [2.05, 4.69) is 37.9 Å². The maximum absolute atomic E-state index is 12.3. The van der Waals surface area contributed by atoms with Crippen LogP contribution in [0.3, 0.4) is 0 Å². The number of alkyl halides is 3. The van der Waals surface area contributed by atoms with Gasteiger partial charge >= 0.3 is 6.18 Å². The second-order valence-electron chi connectivity index (χ2n) is 5.50. The molecule has 122 valence electrons. The van der Waals surface area contributed by atoms with Crippen LogP contribution < -0.4 is 5.32 Å². The fourth-order valence-electron chi connectivity index (χ4n) is 3.02. The van der Waals surface area contributed by atoms with Crippen molar-refractivity contribution in [2.45, 2.75) is 78.1 Å². The van der Waals surface area contributed by atoms with Crippen molar-refractivity contribution in [3.8, 4) is 0 Å². The lowest BCUT2D eigenvalue weighted by Crippen LogP contribution is -2.59. The van der Waals surface area contributed by atoms with Gasteiger partial charge in [0, 0.05) is 18.0 Å². The third kappa shape index (κ3) is 6.00. The molecule has 0 radical (unpaired) electrons. The predicted molar refractivity (Wildman–Crippen MR) is 79.0 cm³/mol. The van der Waals surface area contributed by atoms with Crippen LogP contribution in [0.15, 0.2) is 0 Å². The number of halogens is 3. The van der Waals surface area contributed by atoms with Crippen molar-refractivity contribution in [3.05, 3.63) is 0 Å². The van der Waals surface area contributed by atoms with E-state index in [1.165, 1.54) is 0 Å². The van der Waals surface area contributed by atoms with Crippen LogP contribution >= 0.6 is 0 Å². The Kier molecular flexibility index (Phi) is 8.75. The van der Waals surface area contributed by atoms with Crippen molar-refractivity contribution in [2.75, 3.05) is 19.6 Å². The van der Waals surface area contributed by atoms with E-state index in [1.807, 2.05) is 6.92 Å². The highest BCUT2D eigenvalue weighted by atomic mass is 19.4. The van der Waals surface area contributed by atoms with Gasteiger partial charge in [0.15, 0.2) is 0 Å². The number of nitrogens with one attached hydrogen (secondary N) is 1. The van der Waals surface area contributed by atoms with Crippen LogP contribution in [0.4, 0.5) is 13.2 Å². The topological polar surface area (TPSA) is 15.3 Å². The molecule has 0 amide bonds. The Morgan fingerprint density at radius 3 is 1.95 bits per heavy atom. The Balaban J connectivity index is 4.82. The molecular weight excluding hydrogens is 265 g/mol. The van der Waals surface area contributed by atoms with Crippen LogP contribution in [0, 0.1) is 0 Å². The van der Waals surface area contributed by atoms with E-state index < -0.39 is 12.6 Å². The summed E-state index contributed by atoms with van der Waals surface area (Å²) in [5.74, 6) is 0. The lowest BCUT2D eigenvalue weighted by molar-refractivity contribution is -0.136. The summed E-state index contributed by atoms with van der Waals surface area (Å²) in [5.41, 5.74) is -0.0922. The SMILES string of the molecule is CCNC(CCCC(F)(F)F)C(C)(CC)N(CC)CC. The van der Waals surface area contributed by atoms with Crippen molar-refractivity contribution in [1.82, 2.24) is 10.2 Å². The van der Waals surface area contributed by atoms with E-state index in [1.54, 1.807) is 0 Å². The van der Waals surface area contributed by atoms with Gasteiger partial charge in [-0.1, -0.05) is 27.7 Å². The van der Waals surface area contributed by atoms with Gasteiger partial charge in [0.1, 0.15) is 0 Å². The highest BCUT2D eigenvalue weighted by Crippen LogP contribution is 2.29. The Labute approximate surface area is 122 Å². The minimum atomic E-state index is -4.05. The average molecular weight is 296 g/mol. The van der Waals surface area contributed by atoms with Crippen LogP contribution in [-0.2, 0) is 0 Å². The summed E-state index contributed by atoms with van der Waals surface area (Å²) >= 11 is 0. The Hall–Kier alpha value is -0.290. The van der Waals surface area contributed by atoms with Gasteiger partial charge < -0.3 is 5.32 Å². The first-order chi connectivity index (χ1) is 9.25. The Morgan fingerprint density at radius 2 is 1.60 bits per heavy atom. The molecule has 0 aliphatic heterocycles. The molecule has 5 heteroatoms. The van der Waals surface area contributed by atoms with Crippen LogP contribution in [-0.4, -0.2) is 42.3 Å². The normalized spacial score (nSPS) is 17.2. The molecule has 2 nitrogen and oxygen atoms in total. The zero-order chi connectivity index (χ0) is 15.8. The fourth-order valence-corrected chi connectivity index (χ4v) is 3.02. The van der Waals surface area contributed by atoms with Crippen molar-refractivity contribution in [2.24, 2.45) is 0 Å². The minimum absolute atomic E-state index is 0.0922. The van der Waals surface area contributed by atoms with E-state index in [9.17, 15) is 13.2 Å². The van der Waals surface area contributed by atoms with E-state index in [-0.39, 0.29) is 18.0 Å². The molecule has 0 saturated carbocycles. The zero-order valence-corrected chi connectivity index (χ0v) is 13.6. The van der Waals surface area contributed by atoms with E-state index in [0.717, 1.165) is 26.1 Å². The van der Waals surface area contributed by atoms with Gasteiger partial charge in [-0.25, -0.2) is 0 Å². The molecule has 0 aromatic heterocycles. The third-order valence-corrected chi connectivity index (χ3v) is 4.36. The van der Waals surface area contributed by atoms with Gasteiger partial charge in [0.05, 0.1) is 0 Å². The molecule has 0 aromatic rings. The van der Waals surface area contributed by atoms with Crippen LogP contribution in [0.2, 0.25) is 0 Å². The van der Waals surface area contributed by atoms with Crippen molar-refractivity contribution >= 4 is 0 Å². The number of nitrogens with zero attached hydrogens (tertiary/aromatic N) is 1. The number of likely N-dealkylation sites (N-methyl/N-ethyl adjacent to an activating group) is 2. The van der Waals surface area contributed by atoms with E-state index >= 15 is 0 Å². The maximum Gasteiger partial charge on any atom is 0.389 e. The monoisotopic (exact) mass is 296 g/mol. The fraction of sp³-hybridized carbons (Fsp3) is 1.00. The molecule has 0 spiro atoms. The molecule has 2 unspecified atom stereocenters. The van der Waals surface area contributed by atoms with Crippen molar-refractivity contribution in [3.63, 3.8) is 0 Å². The highest BCUT2D eigenvalue weighted by Gasteiger charge is 2.37. The van der Waals surface area contributed by atoms with Gasteiger partial charge in [-0.2, -0.15) is 13.2 Å². The summed E-state index contributed by atoms with van der Waals surface area (Å²) in [5, 5.41) is 3.40. The summed E-state index contributed by atoms with van der Waals surface area (Å²) in [4.78, 5) is 2.36. The number of hydrogen-bond acceptors (Lipinski definition) is 2. The van der Waals surface area contributed by atoms with Gasteiger partial charge in [-0.05, 0) is 45.8 Å². The molecule has 0 aliphatic rings. The van der Waals surface area contributed by atoms with Crippen LogP contribution in [0.1, 0.15) is 60.3 Å². The van der Waals surface area contributed by atoms with Gasteiger partial charge in [0.25, 0.3) is 0 Å². The largest absolute Gasteiger partial charge is 0.389 e. The molecule has 0 saturated heterocycles. The Bertz CT molecular complexity index is 252. The second kappa shape index (κ2) is 8.88. The quantitative estimate of drug-likeness (QED) is 0.650. The van der Waals surface area contributed by atoms with Gasteiger partial charge in [0.2, 0.25) is 0 Å². The summed E-state index contributed by atoms with van der Waals surface area (Å²) in [6, 6.07) is 0.0970. The Morgan fingerprint density at radius 1 is 1.05 bits per heavy atom. The predicted octanol–water partition coefficient (Wildman–Crippen LogP) is 4.21.